The van der Waals surface area contributed by atoms with Crippen LogP contribution in [-0.4, -0.2) is 22.0 Å². The van der Waals surface area contributed by atoms with Gasteiger partial charge in [-0.05, 0) is 49.8 Å². The highest BCUT2D eigenvalue weighted by Crippen LogP contribution is 2.21. The van der Waals surface area contributed by atoms with Crippen molar-refractivity contribution in [1.82, 2.24) is 5.06 Å². The maximum absolute atomic E-state index is 12.4. The molecule has 0 fully saturated rings. The Labute approximate surface area is 171 Å². The molecule has 0 aliphatic heterocycles. The minimum Gasteiger partial charge on any atom is -0.378 e. The number of hydrogen-bond donors (Lipinski definition) is 1. The predicted molar refractivity (Wildman–Crippen MR) is 117 cm³/mol. The number of hydroxylamine groups is 2. The van der Waals surface area contributed by atoms with Gasteiger partial charge in [-0.3, -0.25) is 0 Å². The van der Waals surface area contributed by atoms with E-state index >= 15 is 0 Å². The summed E-state index contributed by atoms with van der Waals surface area (Å²) in [6.07, 6.45) is 0. The number of nitrogens with two attached hydrogens (primary N) is 1. The summed E-state index contributed by atoms with van der Waals surface area (Å²) in [4.78, 5) is 22.6. The van der Waals surface area contributed by atoms with E-state index in [-0.39, 0.29) is 5.97 Å². The molecule has 0 heterocycles. The minimum atomic E-state index is -0.576. The molecule has 2 rings (SSSR count). The summed E-state index contributed by atoms with van der Waals surface area (Å²) < 4.78 is 0. The van der Waals surface area contributed by atoms with Gasteiger partial charge >= 0.3 is 5.97 Å². The summed E-state index contributed by atoms with van der Waals surface area (Å²) in [7, 11) is 0. The lowest BCUT2D eigenvalue weighted by atomic mass is 9.98. The van der Waals surface area contributed by atoms with E-state index in [4.69, 9.17) is 10.6 Å². The monoisotopic (exact) mass is 399 g/mol. The van der Waals surface area contributed by atoms with E-state index < -0.39 is 5.41 Å². The van der Waals surface area contributed by atoms with E-state index in [0.29, 0.717) is 18.3 Å². The molecule has 0 atom stereocenters. The number of thioether (sulfide) groups is 1. The molecule has 0 aliphatic carbocycles. The van der Waals surface area contributed by atoms with Gasteiger partial charge in [0.05, 0.1) is 24.2 Å². The van der Waals surface area contributed by atoms with Gasteiger partial charge in [0, 0.05) is 0 Å². The van der Waals surface area contributed by atoms with Gasteiger partial charge in [0.25, 0.3) is 0 Å². The first-order valence-corrected chi connectivity index (χ1v) is 10.3. The number of rotatable bonds is 7. The van der Waals surface area contributed by atoms with E-state index in [1.165, 1.54) is 11.8 Å². The fourth-order valence-electron chi connectivity index (χ4n) is 2.40. The maximum atomic E-state index is 12.4. The lowest BCUT2D eigenvalue weighted by Gasteiger charge is -2.25. The highest BCUT2D eigenvalue weighted by molar-refractivity contribution is 8.13. The second-order valence-electron chi connectivity index (χ2n) is 7.47. The van der Waals surface area contributed by atoms with Crippen LogP contribution in [0.3, 0.4) is 0 Å². The predicted octanol–water partition coefficient (Wildman–Crippen LogP) is 4.89. The van der Waals surface area contributed by atoms with Gasteiger partial charge in [0.15, 0.2) is 5.17 Å². The van der Waals surface area contributed by atoms with Crippen molar-refractivity contribution < 1.29 is 9.63 Å². The number of nitrogens with zero attached hydrogens (tertiary/aromatic N) is 2. The number of amidine groups is 1. The molecule has 0 saturated carbocycles. The number of aliphatic imine (C=N–C) groups is 1. The minimum absolute atomic E-state index is 0.263. The van der Waals surface area contributed by atoms with Crippen molar-refractivity contribution in [2.45, 2.75) is 40.8 Å². The van der Waals surface area contributed by atoms with Crippen LogP contribution in [0.5, 0.6) is 0 Å². The van der Waals surface area contributed by atoms with Gasteiger partial charge in [-0.2, -0.15) is 0 Å². The fourth-order valence-corrected chi connectivity index (χ4v) is 2.86. The average molecular weight is 400 g/mol. The molecule has 5 nitrogen and oxygen atoms in total. The van der Waals surface area contributed by atoms with E-state index in [1.807, 2.05) is 82.3 Å². The molecule has 0 spiro atoms. The third-order valence-electron chi connectivity index (χ3n) is 3.83. The third kappa shape index (κ3) is 7.37. The van der Waals surface area contributed by atoms with Gasteiger partial charge < -0.3 is 10.6 Å². The molecule has 0 unspecified atom stereocenters. The Bertz CT molecular complexity index is 801. The summed E-state index contributed by atoms with van der Waals surface area (Å²) in [5.74, 6) is 0.615. The molecule has 2 N–H and O–H groups in total. The van der Waals surface area contributed by atoms with Crippen LogP contribution in [0.4, 0.5) is 5.69 Å². The van der Waals surface area contributed by atoms with Crippen LogP contribution in [0.1, 0.15) is 38.8 Å². The number of carbonyl (C=O) groups excluding carboxylic acids is 1. The van der Waals surface area contributed by atoms with Crippen LogP contribution in [0.25, 0.3) is 0 Å². The van der Waals surface area contributed by atoms with Crippen LogP contribution in [0.15, 0.2) is 59.6 Å². The maximum Gasteiger partial charge on any atom is 0.330 e. The van der Waals surface area contributed by atoms with Gasteiger partial charge in [-0.1, -0.05) is 61.2 Å². The van der Waals surface area contributed by atoms with Crippen molar-refractivity contribution in [2.24, 2.45) is 16.1 Å². The first-order chi connectivity index (χ1) is 13.3. The van der Waals surface area contributed by atoms with Crippen molar-refractivity contribution in [1.29, 1.82) is 0 Å². The number of hydrogen-bond acceptors (Lipinski definition) is 5. The van der Waals surface area contributed by atoms with E-state index in [9.17, 15) is 4.79 Å². The zero-order valence-electron chi connectivity index (χ0n) is 17.0. The Morgan fingerprint density at radius 3 is 2.36 bits per heavy atom. The topological polar surface area (TPSA) is 67.9 Å². The highest BCUT2D eigenvalue weighted by atomic mass is 32.2. The molecule has 2 aromatic rings. The van der Waals surface area contributed by atoms with Crippen molar-refractivity contribution in [3.05, 3.63) is 65.7 Å². The summed E-state index contributed by atoms with van der Waals surface area (Å²) in [5.41, 5.74) is 8.19. The standard InChI is InChI=1S/C22H29N3O2S/c1-5-28-21(23)24-19-13-9-12-18(14-19)16-25(27-20(26)22(2,3)4)15-17-10-7-6-8-11-17/h6-14H,5,15-16H2,1-4H3,(H2,23,24). The molecule has 150 valence electrons. The lowest BCUT2D eigenvalue weighted by molar-refractivity contribution is -0.206. The summed E-state index contributed by atoms with van der Waals surface area (Å²) in [6, 6.07) is 17.7. The van der Waals surface area contributed by atoms with Gasteiger partial charge in [-0.15, -0.1) is 5.06 Å². The fraction of sp³-hybridized carbons (Fsp3) is 0.364. The zero-order chi connectivity index (χ0) is 20.6. The normalized spacial score (nSPS) is 12.2. The van der Waals surface area contributed by atoms with Gasteiger partial charge in [0.1, 0.15) is 0 Å². The number of carbonyl (C=O) groups is 1. The zero-order valence-corrected chi connectivity index (χ0v) is 17.8. The van der Waals surface area contributed by atoms with Gasteiger partial charge in [0.2, 0.25) is 0 Å². The Kier molecular flexibility index (Phi) is 8.08. The molecule has 0 amide bonds. The van der Waals surface area contributed by atoms with Crippen LogP contribution < -0.4 is 5.73 Å². The molecule has 2 aromatic carbocycles. The second kappa shape index (κ2) is 10.3. The Morgan fingerprint density at radius 2 is 1.71 bits per heavy atom. The lowest BCUT2D eigenvalue weighted by Crippen LogP contribution is -2.33. The van der Waals surface area contributed by atoms with Gasteiger partial charge in [-0.25, -0.2) is 9.79 Å². The molecule has 0 bridgehead atoms. The van der Waals surface area contributed by atoms with E-state index in [2.05, 4.69) is 4.99 Å². The Hall–Kier alpha value is -2.31. The van der Waals surface area contributed by atoms with Crippen LogP contribution >= 0.6 is 11.8 Å². The average Bonchev–Trinajstić information content (AvgIpc) is 2.62. The molecule has 0 aromatic heterocycles. The van der Waals surface area contributed by atoms with E-state index in [0.717, 1.165) is 22.6 Å². The molecular weight excluding hydrogens is 370 g/mol. The summed E-state index contributed by atoms with van der Waals surface area (Å²) >= 11 is 1.51. The van der Waals surface area contributed by atoms with Crippen molar-refractivity contribution in [2.75, 3.05) is 5.75 Å². The quantitative estimate of drug-likeness (QED) is 0.408. The molecule has 0 saturated heterocycles. The van der Waals surface area contributed by atoms with Crippen LogP contribution in [-0.2, 0) is 22.7 Å². The molecular formula is C22H29N3O2S. The molecule has 6 heteroatoms. The molecule has 0 aliphatic rings. The first kappa shape index (κ1) is 22.0. The van der Waals surface area contributed by atoms with Crippen LogP contribution in [0.2, 0.25) is 0 Å². The van der Waals surface area contributed by atoms with Crippen LogP contribution in [0, 0.1) is 5.41 Å². The smallest absolute Gasteiger partial charge is 0.330 e. The number of benzene rings is 2. The first-order valence-electron chi connectivity index (χ1n) is 9.35. The van der Waals surface area contributed by atoms with E-state index in [1.54, 1.807) is 5.06 Å². The highest BCUT2D eigenvalue weighted by Gasteiger charge is 2.26. The summed E-state index contributed by atoms with van der Waals surface area (Å²) in [5, 5.41) is 2.23. The van der Waals surface area contributed by atoms with Crippen molar-refractivity contribution in [3.63, 3.8) is 0 Å². The summed E-state index contributed by atoms with van der Waals surface area (Å²) in [6.45, 7) is 8.54. The SMILES string of the molecule is CCSC(N)=Nc1cccc(CN(Cc2ccccc2)OC(=O)C(C)(C)C)c1. The largest absolute Gasteiger partial charge is 0.378 e. The van der Waals surface area contributed by atoms with Crippen molar-refractivity contribution >= 4 is 28.6 Å². The Morgan fingerprint density at radius 1 is 1.07 bits per heavy atom. The Balaban J connectivity index is 2.19. The molecule has 0 radical (unpaired) electrons. The second-order valence-corrected chi connectivity index (χ2v) is 8.75. The third-order valence-corrected chi connectivity index (χ3v) is 4.50. The van der Waals surface area contributed by atoms with Crippen molar-refractivity contribution in [3.8, 4) is 0 Å². The molecule has 28 heavy (non-hydrogen) atoms.